The van der Waals surface area contributed by atoms with Crippen LogP contribution in [-0.2, 0) is 9.59 Å². The van der Waals surface area contributed by atoms with Crippen LogP contribution in [0.3, 0.4) is 0 Å². The lowest BCUT2D eigenvalue weighted by Crippen LogP contribution is -2.68. The topological polar surface area (TPSA) is 94.8 Å². The van der Waals surface area contributed by atoms with E-state index in [4.69, 9.17) is 11.6 Å². The number of aliphatic hydroxyl groups excluding tert-OH is 2. The fraction of sp³-hybridized carbons (Fsp3) is 0.636. The Labute approximate surface area is 173 Å². The SMILES string of the molecule is C[C@H]1C[C@H]2[C@@H]3C=C(F)C4=CC(=O)C=C[C@]4(C)[C@@]3(Cl)[C@@H](O)C[C@]2(C)[C@@]1(O)C(=O)CO. The molecule has 0 bridgehead atoms. The Hall–Kier alpha value is -1.34. The number of hydrogen-bond acceptors (Lipinski definition) is 5. The third-order valence-electron chi connectivity index (χ3n) is 8.41. The van der Waals surface area contributed by atoms with Gasteiger partial charge in [0, 0.05) is 22.3 Å². The van der Waals surface area contributed by atoms with Crippen molar-refractivity contribution in [1.82, 2.24) is 0 Å². The average Bonchev–Trinajstić information content (AvgIpc) is 2.86. The number of alkyl halides is 1. The summed E-state index contributed by atoms with van der Waals surface area (Å²) in [4.78, 5) is 23.1. The fourth-order valence-corrected chi connectivity index (χ4v) is 7.25. The molecule has 4 rings (SSSR count). The van der Waals surface area contributed by atoms with Gasteiger partial charge in [-0.15, -0.1) is 11.6 Å². The van der Waals surface area contributed by atoms with Crippen molar-refractivity contribution in [3.8, 4) is 0 Å². The van der Waals surface area contributed by atoms with Gasteiger partial charge >= 0.3 is 0 Å². The number of hydrogen-bond donors (Lipinski definition) is 3. The van der Waals surface area contributed by atoms with Gasteiger partial charge in [0.2, 0.25) is 0 Å². The molecule has 7 heteroatoms. The molecular formula is C22H26ClFO5. The molecule has 2 fully saturated rings. The smallest absolute Gasteiger partial charge is 0.190 e. The second-order valence-corrected chi connectivity index (χ2v) is 10.2. The summed E-state index contributed by atoms with van der Waals surface area (Å²) in [7, 11) is 0. The van der Waals surface area contributed by atoms with Crippen LogP contribution in [0.4, 0.5) is 4.39 Å². The molecule has 4 aliphatic rings. The molecule has 3 N–H and O–H groups in total. The number of carbonyl (C=O) groups is 2. The van der Waals surface area contributed by atoms with E-state index >= 15 is 4.39 Å². The fourth-order valence-electron chi connectivity index (χ4n) is 6.79. The zero-order valence-corrected chi connectivity index (χ0v) is 17.4. The first kappa shape index (κ1) is 20.9. The molecule has 5 nitrogen and oxygen atoms in total. The van der Waals surface area contributed by atoms with Crippen LogP contribution in [-0.4, -0.2) is 50.1 Å². The van der Waals surface area contributed by atoms with Crippen LogP contribution in [0.1, 0.15) is 33.6 Å². The molecule has 158 valence electrons. The molecule has 4 aliphatic carbocycles. The monoisotopic (exact) mass is 424 g/mol. The molecule has 0 aromatic carbocycles. The summed E-state index contributed by atoms with van der Waals surface area (Å²) >= 11 is 7.16. The van der Waals surface area contributed by atoms with Gasteiger partial charge in [-0.1, -0.05) is 26.8 Å². The molecule has 0 aromatic rings. The summed E-state index contributed by atoms with van der Waals surface area (Å²) in [6.45, 7) is 4.35. The van der Waals surface area contributed by atoms with Crippen LogP contribution >= 0.6 is 11.6 Å². The van der Waals surface area contributed by atoms with E-state index in [9.17, 15) is 24.9 Å². The van der Waals surface area contributed by atoms with E-state index in [0.29, 0.717) is 6.42 Å². The number of carbonyl (C=O) groups excluding carboxylic acids is 2. The highest BCUT2D eigenvalue weighted by molar-refractivity contribution is 6.26. The quantitative estimate of drug-likeness (QED) is 0.591. The van der Waals surface area contributed by atoms with Crippen molar-refractivity contribution in [2.24, 2.45) is 28.6 Å². The minimum Gasteiger partial charge on any atom is -0.391 e. The van der Waals surface area contributed by atoms with Gasteiger partial charge in [0.25, 0.3) is 0 Å². The predicted molar refractivity (Wildman–Crippen MR) is 105 cm³/mol. The molecule has 0 amide bonds. The maximum absolute atomic E-state index is 15.2. The van der Waals surface area contributed by atoms with Gasteiger partial charge in [-0.3, -0.25) is 9.59 Å². The van der Waals surface area contributed by atoms with Gasteiger partial charge in [-0.25, -0.2) is 4.39 Å². The summed E-state index contributed by atoms with van der Waals surface area (Å²) < 4.78 is 15.2. The maximum Gasteiger partial charge on any atom is 0.190 e. The summed E-state index contributed by atoms with van der Waals surface area (Å²) in [6, 6.07) is 0. The number of aliphatic hydroxyl groups is 3. The summed E-state index contributed by atoms with van der Waals surface area (Å²) in [6.07, 6.45) is 4.69. The van der Waals surface area contributed by atoms with E-state index in [1.165, 1.54) is 18.2 Å². The molecule has 0 unspecified atom stereocenters. The normalized spacial score (nSPS) is 51.0. The van der Waals surface area contributed by atoms with Crippen LogP contribution < -0.4 is 0 Å². The van der Waals surface area contributed by atoms with Gasteiger partial charge in [-0.2, -0.15) is 0 Å². The minimum atomic E-state index is -1.84. The van der Waals surface area contributed by atoms with Gasteiger partial charge in [0.1, 0.15) is 18.0 Å². The van der Waals surface area contributed by atoms with Crippen molar-refractivity contribution in [2.75, 3.05) is 6.61 Å². The molecule has 0 spiro atoms. The molecule has 0 saturated heterocycles. The van der Waals surface area contributed by atoms with Crippen molar-refractivity contribution >= 4 is 23.2 Å². The maximum atomic E-state index is 15.2. The first-order valence-electron chi connectivity index (χ1n) is 9.94. The first-order chi connectivity index (χ1) is 13.4. The zero-order chi connectivity index (χ0) is 21.6. The van der Waals surface area contributed by atoms with E-state index in [1.54, 1.807) is 26.8 Å². The molecular weight excluding hydrogens is 399 g/mol. The third kappa shape index (κ3) is 2.21. The van der Waals surface area contributed by atoms with E-state index in [-0.39, 0.29) is 17.8 Å². The second kappa shape index (κ2) is 6.10. The molecule has 0 aliphatic heterocycles. The van der Waals surface area contributed by atoms with Crippen molar-refractivity contribution in [3.63, 3.8) is 0 Å². The van der Waals surface area contributed by atoms with Crippen LogP contribution in [0.5, 0.6) is 0 Å². The highest BCUT2D eigenvalue weighted by atomic mass is 35.5. The zero-order valence-electron chi connectivity index (χ0n) is 16.7. The van der Waals surface area contributed by atoms with Gasteiger partial charge in [-0.05, 0) is 42.9 Å². The van der Waals surface area contributed by atoms with Crippen LogP contribution in [0.25, 0.3) is 0 Å². The highest BCUT2D eigenvalue weighted by Crippen LogP contribution is 2.70. The molecule has 0 aromatic heterocycles. The number of ketones is 2. The molecule has 0 radical (unpaired) electrons. The summed E-state index contributed by atoms with van der Waals surface area (Å²) in [5, 5.41) is 32.2. The van der Waals surface area contributed by atoms with Crippen molar-refractivity contribution in [1.29, 1.82) is 0 Å². The highest BCUT2D eigenvalue weighted by Gasteiger charge is 2.74. The minimum absolute atomic E-state index is 0.0182. The Morgan fingerprint density at radius 3 is 2.66 bits per heavy atom. The third-order valence-corrected chi connectivity index (χ3v) is 9.30. The second-order valence-electron chi connectivity index (χ2n) is 9.53. The standard InChI is InChI=1S/C22H26ClFO5/c1-11-6-13-14-8-16(24)15-7-12(26)4-5-19(15,2)21(14,23)17(27)9-20(13,3)22(11,29)18(28)10-25/h4-5,7-8,11,13-14,17,25,27,29H,6,9-10H2,1-3H3/t11-,13-,14-,17-,19-,20-,21-,22-/m0/s1. The van der Waals surface area contributed by atoms with Gasteiger partial charge in [0.05, 0.1) is 11.0 Å². The summed E-state index contributed by atoms with van der Waals surface area (Å²) in [5.41, 5.74) is -3.91. The first-order valence-corrected chi connectivity index (χ1v) is 10.3. The number of fused-ring (bicyclic) bond motifs is 5. The lowest BCUT2D eigenvalue weighted by molar-refractivity contribution is -0.175. The summed E-state index contributed by atoms with van der Waals surface area (Å²) in [5.74, 6) is -3.17. The van der Waals surface area contributed by atoms with Crippen molar-refractivity contribution in [3.05, 3.63) is 35.7 Å². The molecule has 0 heterocycles. The average molecular weight is 425 g/mol. The van der Waals surface area contributed by atoms with Crippen molar-refractivity contribution in [2.45, 2.75) is 50.2 Å². The Morgan fingerprint density at radius 1 is 1.38 bits per heavy atom. The van der Waals surface area contributed by atoms with Crippen LogP contribution in [0, 0.1) is 28.6 Å². The van der Waals surface area contributed by atoms with Crippen LogP contribution in [0.15, 0.2) is 35.7 Å². The van der Waals surface area contributed by atoms with Crippen LogP contribution in [0.2, 0.25) is 0 Å². The molecule has 2 saturated carbocycles. The number of allylic oxidation sites excluding steroid dienone is 6. The van der Waals surface area contributed by atoms with E-state index in [0.717, 1.165) is 0 Å². The van der Waals surface area contributed by atoms with Gasteiger partial charge in [0.15, 0.2) is 11.6 Å². The Morgan fingerprint density at radius 2 is 2.03 bits per heavy atom. The molecule has 8 atom stereocenters. The lowest BCUT2D eigenvalue weighted by atomic mass is 9.47. The Balaban J connectivity index is 1.93. The van der Waals surface area contributed by atoms with E-state index in [2.05, 4.69) is 0 Å². The van der Waals surface area contributed by atoms with E-state index < -0.39 is 63.4 Å². The largest absolute Gasteiger partial charge is 0.391 e. The van der Waals surface area contributed by atoms with E-state index in [1.807, 2.05) is 0 Å². The van der Waals surface area contributed by atoms with Crippen molar-refractivity contribution < 1.29 is 29.3 Å². The number of halogens is 2. The number of Topliss-reactive ketones (excluding diaryl/α,β-unsaturated/α-hetero) is 1. The Kier molecular flexibility index (Phi) is 4.40. The lowest BCUT2D eigenvalue weighted by Gasteiger charge is -2.62. The Bertz CT molecular complexity index is 896. The van der Waals surface area contributed by atoms with Gasteiger partial charge < -0.3 is 15.3 Å². The predicted octanol–water partition coefficient (Wildman–Crippen LogP) is 2.24. The number of rotatable bonds is 2. The molecule has 29 heavy (non-hydrogen) atoms.